The van der Waals surface area contributed by atoms with Crippen LogP contribution in [0.3, 0.4) is 0 Å². The van der Waals surface area contributed by atoms with Crippen molar-refractivity contribution in [3.8, 4) is 6.07 Å². The van der Waals surface area contributed by atoms with E-state index in [0.29, 0.717) is 6.42 Å². The maximum absolute atomic E-state index is 10.8. The Kier molecular flexibility index (Phi) is 4.87. The Balaban J connectivity index is 2.39. The SMILES string of the molecule is CC(=O)Nc1ccc(NCCCC#N)cc1. The molecular weight excluding hydrogens is 202 g/mol. The Hall–Kier alpha value is -2.02. The lowest BCUT2D eigenvalue weighted by Crippen LogP contribution is -2.06. The maximum atomic E-state index is 10.8. The largest absolute Gasteiger partial charge is 0.385 e. The molecule has 0 spiro atoms. The third-order valence-corrected chi connectivity index (χ3v) is 2.00. The van der Waals surface area contributed by atoms with Gasteiger partial charge in [0.1, 0.15) is 0 Å². The van der Waals surface area contributed by atoms with Gasteiger partial charge in [-0.25, -0.2) is 0 Å². The molecule has 0 radical (unpaired) electrons. The first-order valence-corrected chi connectivity index (χ1v) is 5.21. The van der Waals surface area contributed by atoms with E-state index >= 15 is 0 Å². The Morgan fingerprint density at radius 1 is 1.31 bits per heavy atom. The lowest BCUT2D eigenvalue weighted by atomic mass is 10.2. The summed E-state index contributed by atoms with van der Waals surface area (Å²) in [4.78, 5) is 10.8. The average molecular weight is 217 g/mol. The smallest absolute Gasteiger partial charge is 0.221 e. The van der Waals surface area contributed by atoms with E-state index in [0.717, 1.165) is 24.3 Å². The second-order valence-corrected chi connectivity index (χ2v) is 3.45. The van der Waals surface area contributed by atoms with Crippen molar-refractivity contribution >= 4 is 17.3 Å². The number of hydrogen-bond donors (Lipinski definition) is 2. The highest BCUT2D eigenvalue weighted by molar-refractivity contribution is 5.88. The van der Waals surface area contributed by atoms with E-state index in [1.54, 1.807) is 0 Å². The molecule has 16 heavy (non-hydrogen) atoms. The fourth-order valence-corrected chi connectivity index (χ4v) is 1.27. The quantitative estimate of drug-likeness (QED) is 0.744. The van der Waals surface area contributed by atoms with Crippen molar-refractivity contribution in [3.05, 3.63) is 24.3 Å². The standard InChI is InChI=1S/C12H15N3O/c1-10(16)15-12-6-4-11(5-7-12)14-9-3-2-8-13/h4-7,14H,2-3,9H2,1H3,(H,15,16). The summed E-state index contributed by atoms with van der Waals surface area (Å²) in [5, 5.41) is 14.3. The zero-order valence-corrected chi connectivity index (χ0v) is 9.29. The molecule has 1 amide bonds. The molecule has 4 nitrogen and oxygen atoms in total. The van der Waals surface area contributed by atoms with Gasteiger partial charge in [0, 0.05) is 31.3 Å². The topological polar surface area (TPSA) is 64.9 Å². The van der Waals surface area contributed by atoms with Crippen LogP contribution in [-0.4, -0.2) is 12.5 Å². The van der Waals surface area contributed by atoms with Gasteiger partial charge in [0.2, 0.25) is 5.91 Å². The van der Waals surface area contributed by atoms with Crippen LogP contribution in [0.4, 0.5) is 11.4 Å². The minimum atomic E-state index is -0.0743. The van der Waals surface area contributed by atoms with Crippen LogP contribution < -0.4 is 10.6 Å². The molecule has 0 aliphatic heterocycles. The first-order chi connectivity index (χ1) is 7.72. The second-order valence-electron chi connectivity index (χ2n) is 3.45. The first-order valence-electron chi connectivity index (χ1n) is 5.21. The number of amides is 1. The van der Waals surface area contributed by atoms with Gasteiger partial charge in [-0.3, -0.25) is 4.79 Å². The molecule has 0 saturated heterocycles. The lowest BCUT2D eigenvalue weighted by molar-refractivity contribution is -0.114. The molecule has 0 aliphatic rings. The first kappa shape index (κ1) is 12.1. The summed E-state index contributed by atoms with van der Waals surface area (Å²) in [7, 11) is 0. The normalized spacial score (nSPS) is 9.25. The fourth-order valence-electron chi connectivity index (χ4n) is 1.27. The van der Waals surface area contributed by atoms with Gasteiger partial charge in [-0.2, -0.15) is 5.26 Å². The monoisotopic (exact) mass is 217 g/mol. The zero-order valence-electron chi connectivity index (χ0n) is 9.29. The Bertz CT molecular complexity index is 378. The summed E-state index contributed by atoms with van der Waals surface area (Å²) in [5.74, 6) is -0.0743. The summed E-state index contributed by atoms with van der Waals surface area (Å²) in [5.41, 5.74) is 1.78. The van der Waals surface area contributed by atoms with Crippen molar-refractivity contribution in [3.63, 3.8) is 0 Å². The molecule has 1 rings (SSSR count). The summed E-state index contributed by atoms with van der Waals surface area (Å²) in [6.07, 6.45) is 1.40. The number of unbranched alkanes of at least 4 members (excludes halogenated alkanes) is 1. The zero-order chi connectivity index (χ0) is 11.8. The van der Waals surface area contributed by atoms with E-state index in [-0.39, 0.29) is 5.91 Å². The van der Waals surface area contributed by atoms with Crippen molar-refractivity contribution in [2.24, 2.45) is 0 Å². The predicted octanol–water partition coefficient (Wildman–Crippen LogP) is 2.36. The molecule has 84 valence electrons. The van der Waals surface area contributed by atoms with Crippen LogP contribution in [0.15, 0.2) is 24.3 Å². The highest BCUT2D eigenvalue weighted by Gasteiger charge is 1.95. The van der Waals surface area contributed by atoms with Crippen LogP contribution in [-0.2, 0) is 4.79 Å². The van der Waals surface area contributed by atoms with Crippen molar-refractivity contribution in [2.75, 3.05) is 17.2 Å². The second kappa shape index (κ2) is 6.46. The number of anilines is 2. The van der Waals surface area contributed by atoms with Crippen LogP contribution in [0.25, 0.3) is 0 Å². The lowest BCUT2D eigenvalue weighted by Gasteiger charge is -2.06. The molecule has 0 aromatic heterocycles. The van der Waals surface area contributed by atoms with Gasteiger partial charge < -0.3 is 10.6 Å². The minimum Gasteiger partial charge on any atom is -0.385 e. The molecule has 1 aromatic rings. The van der Waals surface area contributed by atoms with Gasteiger partial charge in [0.25, 0.3) is 0 Å². The molecular formula is C12H15N3O. The number of hydrogen-bond acceptors (Lipinski definition) is 3. The number of carbonyl (C=O) groups is 1. The number of carbonyl (C=O) groups excluding carboxylic acids is 1. The van der Waals surface area contributed by atoms with E-state index in [1.165, 1.54) is 6.92 Å². The van der Waals surface area contributed by atoms with Gasteiger partial charge >= 0.3 is 0 Å². The van der Waals surface area contributed by atoms with Crippen molar-refractivity contribution in [1.82, 2.24) is 0 Å². The third-order valence-electron chi connectivity index (χ3n) is 2.00. The third kappa shape index (κ3) is 4.47. The van der Waals surface area contributed by atoms with E-state index in [1.807, 2.05) is 24.3 Å². The molecule has 2 N–H and O–H groups in total. The summed E-state index contributed by atoms with van der Waals surface area (Å²) in [6.45, 7) is 2.26. The predicted molar refractivity (Wildman–Crippen MR) is 64.1 cm³/mol. The number of benzene rings is 1. The molecule has 0 unspecified atom stereocenters. The summed E-state index contributed by atoms with van der Waals surface area (Å²) in [6, 6.07) is 9.58. The molecule has 1 aromatic carbocycles. The highest BCUT2D eigenvalue weighted by atomic mass is 16.1. The fraction of sp³-hybridized carbons (Fsp3) is 0.333. The van der Waals surface area contributed by atoms with E-state index < -0.39 is 0 Å². The van der Waals surface area contributed by atoms with Gasteiger partial charge in [0.15, 0.2) is 0 Å². The van der Waals surface area contributed by atoms with Gasteiger partial charge in [-0.05, 0) is 30.7 Å². The molecule has 0 bridgehead atoms. The Morgan fingerprint density at radius 2 is 1.94 bits per heavy atom. The summed E-state index contributed by atoms with van der Waals surface area (Å²) >= 11 is 0. The summed E-state index contributed by atoms with van der Waals surface area (Å²) < 4.78 is 0. The van der Waals surface area contributed by atoms with E-state index in [4.69, 9.17) is 5.26 Å². The van der Waals surface area contributed by atoms with E-state index in [9.17, 15) is 4.79 Å². The number of rotatable bonds is 5. The molecule has 4 heteroatoms. The molecule has 0 aliphatic carbocycles. The molecule has 0 saturated carbocycles. The molecule has 0 heterocycles. The molecule has 0 fully saturated rings. The number of nitriles is 1. The van der Waals surface area contributed by atoms with E-state index in [2.05, 4.69) is 16.7 Å². The molecule has 0 atom stereocenters. The Labute approximate surface area is 95.3 Å². The van der Waals surface area contributed by atoms with Crippen LogP contribution in [0, 0.1) is 11.3 Å². The number of nitrogens with zero attached hydrogens (tertiary/aromatic N) is 1. The maximum Gasteiger partial charge on any atom is 0.221 e. The van der Waals surface area contributed by atoms with Gasteiger partial charge in [0.05, 0.1) is 6.07 Å². The van der Waals surface area contributed by atoms with Crippen molar-refractivity contribution in [2.45, 2.75) is 19.8 Å². The van der Waals surface area contributed by atoms with Crippen LogP contribution in [0.1, 0.15) is 19.8 Å². The van der Waals surface area contributed by atoms with Gasteiger partial charge in [-0.15, -0.1) is 0 Å². The van der Waals surface area contributed by atoms with Crippen LogP contribution in [0.5, 0.6) is 0 Å². The Morgan fingerprint density at radius 3 is 2.50 bits per heavy atom. The van der Waals surface area contributed by atoms with Crippen molar-refractivity contribution < 1.29 is 4.79 Å². The highest BCUT2D eigenvalue weighted by Crippen LogP contribution is 2.13. The number of nitrogens with one attached hydrogen (secondary N) is 2. The van der Waals surface area contributed by atoms with Crippen LogP contribution in [0.2, 0.25) is 0 Å². The van der Waals surface area contributed by atoms with Crippen molar-refractivity contribution in [1.29, 1.82) is 5.26 Å². The average Bonchev–Trinajstić information content (AvgIpc) is 2.26. The van der Waals surface area contributed by atoms with Crippen LogP contribution >= 0.6 is 0 Å². The van der Waals surface area contributed by atoms with Gasteiger partial charge in [-0.1, -0.05) is 0 Å². The minimum absolute atomic E-state index is 0.0743.